The molecule has 0 saturated carbocycles. The predicted octanol–water partition coefficient (Wildman–Crippen LogP) is 18.0. The molecule has 0 N–H and O–H groups in total. The van der Waals surface area contributed by atoms with Gasteiger partial charge in [-0.15, -0.1) is 0 Å². The first kappa shape index (κ1) is 47.3. The number of anilines is 3. The highest BCUT2D eigenvalue weighted by Gasteiger charge is 2.48. The summed E-state index contributed by atoms with van der Waals surface area (Å²) in [7, 11) is -2.70. The molecule has 11 aromatic carbocycles. The quantitative estimate of drug-likeness (QED) is 0.0572. The largest absolute Gasteiger partial charge is 0.308 e. The summed E-state index contributed by atoms with van der Waals surface area (Å²) < 4.78 is 0. The van der Waals surface area contributed by atoms with Crippen molar-refractivity contribution in [1.82, 2.24) is 0 Å². The summed E-state index contributed by atoms with van der Waals surface area (Å²) in [4.78, 5) is 5.08. The predicted molar refractivity (Wildman–Crippen MR) is 327 cm³/mol. The number of hydrogen-bond donors (Lipinski definition) is 0. The highest BCUT2D eigenvalue weighted by molar-refractivity contribution is 8.00. The Bertz CT molecular complexity index is 3800. The lowest BCUT2D eigenvalue weighted by Crippen LogP contribution is -2.72. The molecule has 0 aromatic heterocycles. The molecule has 0 unspecified atom stereocenters. The van der Waals surface area contributed by atoms with Crippen LogP contribution in [-0.2, 0) is 12.8 Å². The Morgan fingerprint density at radius 3 is 1.65 bits per heavy atom. The van der Waals surface area contributed by atoms with Gasteiger partial charge in [0.1, 0.15) is 0 Å². The summed E-state index contributed by atoms with van der Waals surface area (Å²) in [5, 5.41) is 13.5. The lowest BCUT2D eigenvalue weighted by molar-refractivity contribution is 0.667. The molecule has 0 amide bonds. The number of aryl methyl sites for hydroxylation is 2. The molecule has 1 nitrogen and oxygen atoms in total. The molecule has 0 atom stereocenters. The van der Waals surface area contributed by atoms with Crippen LogP contribution in [0.2, 0.25) is 0 Å². The first-order valence-corrected chi connectivity index (χ1v) is 30.5. The van der Waals surface area contributed by atoms with Crippen LogP contribution >= 0.6 is 11.8 Å². The van der Waals surface area contributed by atoms with Crippen LogP contribution in [-0.4, -0.2) is 8.07 Å². The van der Waals surface area contributed by atoms with E-state index in [0.717, 1.165) is 18.5 Å². The maximum absolute atomic E-state index is 2.70. The van der Waals surface area contributed by atoms with E-state index in [-0.39, 0.29) is 0 Å². The molecule has 366 valence electrons. The highest BCUT2D eigenvalue weighted by atomic mass is 32.2. The summed E-state index contributed by atoms with van der Waals surface area (Å²) in [5.41, 5.74) is 14.2. The lowest BCUT2D eigenvalue weighted by Gasteiger charge is -2.34. The van der Waals surface area contributed by atoms with Crippen molar-refractivity contribution in [3.63, 3.8) is 0 Å². The number of fused-ring (bicyclic) bond motifs is 9. The fourth-order valence-corrected chi connectivity index (χ4v) is 19.0. The Hall–Kier alpha value is -7.43. The minimum atomic E-state index is -2.70. The van der Waals surface area contributed by atoms with E-state index in [2.05, 4.69) is 243 Å². The SMILES string of the molecule is CCCCCCc1ccc([Si]2(c3ccc(CCCCCC)cc3)c3ccccc3-c3cc(-c4ccc5c(c4)N(c4cccc(-c6c7ccccc7cc7ccccc67)c4)c4ccc6ccccc6c4S5)ccc32)cc1. The molecule has 0 saturated heterocycles. The van der Waals surface area contributed by atoms with Gasteiger partial charge in [-0.2, -0.15) is 0 Å². The van der Waals surface area contributed by atoms with Crippen LogP contribution in [0.5, 0.6) is 0 Å². The van der Waals surface area contributed by atoms with Gasteiger partial charge in [0.05, 0.1) is 11.4 Å². The van der Waals surface area contributed by atoms with Crippen molar-refractivity contribution >= 4 is 90.0 Å². The average molecular weight is 1000 g/mol. The Morgan fingerprint density at radius 2 is 0.973 bits per heavy atom. The molecule has 0 fully saturated rings. The van der Waals surface area contributed by atoms with Gasteiger partial charge in [-0.1, -0.05) is 246 Å². The number of benzene rings is 11. The van der Waals surface area contributed by atoms with E-state index >= 15 is 0 Å². The number of rotatable bonds is 15. The topological polar surface area (TPSA) is 3.24 Å². The van der Waals surface area contributed by atoms with Crippen LogP contribution in [0, 0.1) is 0 Å². The van der Waals surface area contributed by atoms with Crippen molar-refractivity contribution in [3.05, 3.63) is 236 Å². The normalized spacial score (nSPS) is 13.2. The first-order valence-electron chi connectivity index (χ1n) is 27.7. The Balaban J connectivity index is 0.948. The zero-order valence-electron chi connectivity index (χ0n) is 43.3. The zero-order chi connectivity index (χ0) is 50.3. The standard InChI is InChI=1S/C72H63NSSi/c1-3-5-7-9-20-50-32-39-59(40-33-50)75(60-41-34-51(35-42-60)21-10-8-6-4-2)69-31-18-17-30-64(69)65-48-53(38-45-70(65)75)54-37-44-68-67(49-54)73(66-43-36-52-22-11-16-29-63(52)72(66)74-68)58-26-19-25-57(47-58)71-61-27-14-12-23-55(61)46-56-24-13-15-28-62(56)71/h11-19,22-49H,3-10,20-21H2,1-2H3. The molecule has 0 radical (unpaired) electrons. The molecule has 3 heteroatoms. The number of unbranched alkanes of at least 4 members (excludes halogenated alkanes) is 6. The van der Waals surface area contributed by atoms with E-state index < -0.39 is 8.07 Å². The van der Waals surface area contributed by atoms with Gasteiger partial charge in [0.15, 0.2) is 8.07 Å². The van der Waals surface area contributed by atoms with Gasteiger partial charge in [-0.25, -0.2) is 0 Å². The van der Waals surface area contributed by atoms with Crippen molar-refractivity contribution in [2.75, 3.05) is 4.90 Å². The second-order valence-corrected chi connectivity index (χ2v) is 25.9. The van der Waals surface area contributed by atoms with Crippen molar-refractivity contribution in [2.45, 2.75) is 87.8 Å². The molecule has 0 aliphatic carbocycles. The minimum Gasteiger partial charge on any atom is -0.308 e. The smallest absolute Gasteiger partial charge is 0.180 e. The number of nitrogens with zero attached hydrogens (tertiary/aromatic N) is 1. The van der Waals surface area contributed by atoms with Crippen LogP contribution in [0.3, 0.4) is 0 Å². The van der Waals surface area contributed by atoms with Crippen LogP contribution in [0.15, 0.2) is 234 Å². The van der Waals surface area contributed by atoms with Crippen LogP contribution in [0.4, 0.5) is 17.1 Å². The third kappa shape index (κ3) is 8.42. The fourth-order valence-electron chi connectivity index (χ4n) is 12.7. The summed E-state index contributed by atoms with van der Waals surface area (Å²) in [6, 6.07) is 86.7. The van der Waals surface area contributed by atoms with Crippen LogP contribution in [0.1, 0.15) is 76.3 Å². The molecule has 2 aliphatic heterocycles. The maximum atomic E-state index is 2.54. The van der Waals surface area contributed by atoms with Gasteiger partial charge in [0, 0.05) is 15.5 Å². The van der Waals surface area contributed by atoms with E-state index in [0.29, 0.717) is 0 Å². The van der Waals surface area contributed by atoms with Crippen molar-refractivity contribution < 1.29 is 0 Å². The molecule has 2 aliphatic rings. The van der Waals surface area contributed by atoms with Gasteiger partial charge in [-0.3, -0.25) is 0 Å². The summed E-state index contributed by atoms with van der Waals surface area (Å²) in [5.74, 6) is 0. The van der Waals surface area contributed by atoms with E-state index in [1.165, 1.54) is 170 Å². The van der Waals surface area contributed by atoms with E-state index in [1.807, 2.05) is 11.8 Å². The van der Waals surface area contributed by atoms with Gasteiger partial charge in [0.2, 0.25) is 0 Å². The Labute approximate surface area is 449 Å². The van der Waals surface area contributed by atoms with Crippen molar-refractivity contribution in [3.8, 4) is 33.4 Å². The molecular formula is C72H63NSSi. The van der Waals surface area contributed by atoms with E-state index in [4.69, 9.17) is 0 Å². The maximum Gasteiger partial charge on any atom is 0.180 e. The summed E-state index contributed by atoms with van der Waals surface area (Å²) >= 11 is 1.90. The highest BCUT2D eigenvalue weighted by Crippen LogP contribution is 2.55. The van der Waals surface area contributed by atoms with E-state index in [1.54, 1.807) is 0 Å². The molecular weight excluding hydrogens is 939 g/mol. The third-order valence-corrected chi connectivity index (χ3v) is 22.6. The first-order chi connectivity index (χ1) is 37.1. The molecule has 13 rings (SSSR count). The molecule has 2 heterocycles. The zero-order valence-corrected chi connectivity index (χ0v) is 45.1. The van der Waals surface area contributed by atoms with Crippen LogP contribution in [0.25, 0.3) is 65.7 Å². The fraction of sp³-hybridized carbons (Fsp3) is 0.167. The van der Waals surface area contributed by atoms with Gasteiger partial charge < -0.3 is 4.90 Å². The minimum absolute atomic E-state index is 1.14. The summed E-state index contributed by atoms with van der Waals surface area (Å²) in [6.45, 7) is 4.60. The number of hydrogen-bond acceptors (Lipinski definition) is 2. The third-order valence-electron chi connectivity index (χ3n) is 16.5. The molecule has 75 heavy (non-hydrogen) atoms. The van der Waals surface area contributed by atoms with E-state index in [9.17, 15) is 0 Å². The van der Waals surface area contributed by atoms with Crippen molar-refractivity contribution in [1.29, 1.82) is 0 Å². The lowest BCUT2D eigenvalue weighted by atomic mass is 9.92. The second-order valence-electron chi connectivity index (χ2n) is 21.1. The van der Waals surface area contributed by atoms with Gasteiger partial charge in [0.25, 0.3) is 0 Å². The molecule has 0 bridgehead atoms. The Kier molecular flexibility index (Phi) is 12.8. The molecule has 0 spiro atoms. The molecule has 11 aromatic rings. The Morgan fingerprint density at radius 1 is 0.387 bits per heavy atom. The summed E-state index contributed by atoms with van der Waals surface area (Å²) in [6.07, 6.45) is 12.5. The van der Waals surface area contributed by atoms with Crippen LogP contribution < -0.4 is 25.6 Å². The van der Waals surface area contributed by atoms with Gasteiger partial charge >= 0.3 is 0 Å². The monoisotopic (exact) mass is 1000 g/mol. The average Bonchev–Trinajstić information content (AvgIpc) is 3.89. The second kappa shape index (κ2) is 20.4. The van der Waals surface area contributed by atoms with Gasteiger partial charge in [-0.05, 0) is 166 Å². The van der Waals surface area contributed by atoms with Crippen molar-refractivity contribution in [2.24, 2.45) is 0 Å².